The number of benzene rings is 1. The second-order valence-electron chi connectivity index (χ2n) is 4.26. The van der Waals surface area contributed by atoms with E-state index in [4.69, 9.17) is 14.6 Å². The van der Waals surface area contributed by atoms with Crippen molar-refractivity contribution in [2.45, 2.75) is 12.8 Å². The van der Waals surface area contributed by atoms with Gasteiger partial charge in [0.05, 0.1) is 12.8 Å². The summed E-state index contributed by atoms with van der Waals surface area (Å²) in [7, 11) is 0. The number of fused-ring (bicyclic) bond motifs is 1. The summed E-state index contributed by atoms with van der Waals surface area (Å²) in [5.74, 6) is 0.0976. The van der Waals surface area contributed by atoms with Crippen molar-refractivity contribution in [3.05, 3.63) is 22.2 Å². The van der Waals surface area contributed by atoms with Gasteiger partial charge >= 0.3 is 5.97 Å². The third-order valence-corrected chi connectivity index (χ3v) is 3.46. The van der Waals surface area contributed by atoms with E-state index in [9.17, 15) is 9.59 Å². The Hall–Kier alpha value is -1.76. The highest BCUT2D eigenvalue weighted by Gasteiger charge is 2.16. The number of carboxylic acids is 1. The highest BCUT2D eigenvalue weighted by atomic mass is 79.9. The van der Waals surface area contributed by atoms with Crippen LogP contribution in [0.2, 0.25) is 0 Å². The lowest BCUT2D eigenvalue weighted by Gasteiger charge is -2.19. The topological polar surface area (TPSA) is 84.9 Å². The number of aliphatic carboxylic acids is 1. The van der Waals surface area contributed by atoms with Crippen LogP contribution in [0, 0.1) is 0 Å². The van der Waals surface area contributed by atoms with E-state index in [1.807, 2.05) is 0 Å². The Labute approximate surface area is 124 Å². The molecule has 20 heavy (non-hydrogen) atoms. The zero-order valence-corrected chi connectivity index (χ0v) is 12.2. The van der Waals surface area contributed by atoms with Gasteiger partial charge < -0.3 is 19.9 Å². The fraction of sp³-hybridized carbons (Fsp3) is 0.385. The van der Waals surface area contributed by atoms with Crippen LogP contribution in [0.15, 0.2) is 16.6 Å². The van der Waals surface area contributed by atoms with Crippen molar-refractivity contribution in [2.75, 3.05) is 19.8 Å². The molecular formula is C13H14BrNO5. The summed E-state index contributed by atoms with van der Waals surface area (Å²) in [6.07, 6.45) is 0.0604. The molecule has 0 bridgehead atoms. The molecule has 1 aromatic carbocycles. The Morgan fingerprint density at radius 2 is 1.90 bits per heavy atom. The summed E-state index contributed by atoms with van der Waals surface area (Å²) in [6.45, 7) is 1.11. The van der Waals surface area contributed by atoms with Gasteiger partial charge in [-0.25, -0.2) is 0 Å². The normalized spacial score (nSPS) is 12.8. The Morgan fingerprint density at radius 3 is 2.55 bits per heavy atom. The van der Waals surface area contributed by atoms with Crippen LogP contribution >= 0.6 is 15.9 Å². The fourth-order valence-corrected chi connectivity index (χ4v) is 2.25. The molecule has 0 spiro atoms. The van der Waals surface area contributed by atoms with Crippen LogP contribution in [0.3, 0.4) is 0 Å². The smallest absolute Gasteiger partial charge is 0.305 e. The van der Waals surface area contributed by atoms with Gasteiger partial charge in [-0.15, -0.1) is 0 Å². The number of rotatable bonds is 5. The minimum absolute atomic E-state index is 0.0892. The Kier molecular flexibility index (Phi) is 4.84. The lowest BCUT2D eigenvalue weighted by molar-refractivity contribution is -0.136. The lowest BCUT2D eigenvalue weighted by Crippen LogP contribution is -2.27. The first-order chi connectivity index (χ1) is 9.56. The highest BCUT2D eigenvalue weighted by Crippen LogP contribution is 2.35. The van der Waals surface area contributed by atoms with E-state index in [1.54, 1.807) is 12.1 Å². The maximum atomic E-state index is 11.7. The first-order valence-corrected chi connectivity index (χ1v) is 6.92. The molecule has 6 nitrogen and oxygen atoms in total. The third kappa shape index (κ3) is 3.86. The monoisotopic (exact) mass is 343 g/mol. The third-order valence-electron chi connectivity index (χ3n) is 2.72. The van der Waals surface area contributed by atoms with E-state index in [1.165, 1.54) is 0 Å². The van der Waals surface area contributed by atoms with Crippen LogP contribution in [0.4, 0.5) is 0 Å². The molecule has 108 valence electrons. The van der Waals surface area contributed by atoms with Gasteiger partial charge in [-0.05, 0) is 17.7 Å². The van der Waals surface area contributed by atoms with Crippen LogP contribution in [0.25, 0.3) is 0 Å². The van der Waals surface area contributed by atoms with Gasteiger partial charge in [0.1, 0.15) is 13.2 Å². The van der Waals surface area contributed by atoms with Crippen molar-refractivity contribution in [3.63, 3.8) is 0 Å². The zero-order chi connectivity index (χ0) is 14.5. The summed E-state index contributed by atoms with van der Waals surface area (Å²) >= 11 is 3.39. The molecule has 1 aromatic rings. The minimum atomic E-state index is -0.939. The Balaban J connectivity index is 1.98. The van der Waals surface area contributed by atoms with Crippen molar-refractivity contribution in [2.24, 2.45) is 0 Å². The molecule has 2 rings (SSSR count). The first-order valence-electron chi connectivity index (χ1n) is 6.13. The first kappa shape index (κ1) is 14.6. The molecule has 1 heterocycles. The van der Waals surface area contributed by atoms with E-state index in [2.05, 4.69) is 21.2 Å². The fourth-order valence-electron chi connectivity index (χ4n) is 1.79. The van der Waals surface area contributed by atoms with E-state index >= 15 is 0 Å². The highest BCUT2D eigenvalue weighted by molar-refractivity contribution is 9.10. The average molecular weight is 344 g/mol. The number of hydrogen-bond acceptors (Lipinski definition) is 4. The van der Waals surface area contributed by atoms with Gasteiger partial charge in [0.25, 0.3) is 0 Å². The molecule has 1 aliphatic heterocycles. The quantitative estimate of drug-likeness (QED) is 0.842. The second kappa shape index (κ2) is 6.60. The van der Waals surface area contributed by atoms with E-state index in [0.29, 0.717) is 24.7 Å². The molecule has 1 aliphatic rings. The molecule has 0 unspecified atom stereocenters. The number of halogens is 1. The van der Waals surface area contributed by atoms with Crippen molar-refractivity contribution >= 4 is 27.8 Å². The Morgan fingerprint density at radius 1 is 1.25 bits per heavy atom. The van der Waals surface area contributed by atoms with Crippen molar-refractivity contribution in [1.29, 1.82) is 0 Å². The summed E-state index contributed by atoms with van der Waals surface area (Å²) < 4.78 is 11.7. The number of hydrogen-bond donors (Lipinski definition) is 2. The SMILES string of the molecule is O=C(O)CCNC(=O)Cc1cc2c(cc1Br)OCCO2. The molecule has 7 heteroatoms. The van der Waals surface area contributed by atoms with Gasteiger partial charge in [-0.2, -0.15) is 0 Å². The molecule has 0 atom stereocenters. The number of amides is 1. The molecular weight excluding hydrogens is 330 g/mol. The van der Waals surface area contributed by atoms with Crippen LogP contribution in [-0.4, -0.2) is 36.7 Å². The molecule has 2 N–H and O–H groups in total. The van der Waals surface area contributed by atoms with E-state index in [-0.39, 0.29) is 25.3 Å². The Bertz CT molecular complexity index is 532. The van der Waals surface area contributed by atoms with E-state index < -0.39 is 5.97 Å². The summed E-state index contributed by atoms with van der Waals surface area (Å²) in [5, 5.41) is 11.1. The van der Waals surface area contributed by atoms with Crippen LogP contribution < -0.4 is 14.8 Å². The van der Waals surface area contributed by atoms with Crippen molar-refractivity contribution in [1.82, 2.24) is 5.32 Å². The number of ether oxygens (including phenoxy) is 2. The molecule has 0 saturated carbocycles. The van der Waals surface area contributed by atoms with Crippen LogP contribution in [0.5, 0.6) is 11.5 Å². The largest absolute Gasteiger partial charge is 0.486 e. The standard InChI is InChI=1S/C13H14BrNO5/c14-9-7-11-10(19-3-4-20-11)5-8(9)6-12(16)15-2-1-13(17)18/h5,7H,1-4,6H2,(H,15,16)(H,17,18). The van der Waals surface area contributed by atoms with E-state index in [0.717, 1.165) is 10.0 Å². The second-order valence-corrected chi connectivity index (χ2v) is 5.11. The van der Waals surface area contributed by atoms with Crippen LogP contribution in [-0.2, 0) is 16.0 Å². The maximum absolute atomic E-state index is 11.7. The van der Waals surface area contributed by atoms with Gasteiger partial charge in [0.15, 0.2) is 11.5 Å². The number of nitrogens with one attached hydrogen (secondary N) is 1. The summed E-state index contributed by atoms with van der Waals surface area (Å²) in [5.41, 5.74) is 0.766. The van der Waals surface area contributed by atoms with Crippen molar-refractivity contribution < 1.29 is 24.2 Å². The minimum Gasteiger partial charge on any atom is -0.486 e. The predicted molar refractivity (Wildman–Crippen MR) is 74.1 cm³/mol. The molecule has 0 saturated heterocycles. The molecule has 1 amide bonds. The van der Waals surface area contributed by atoms with Gasteiger partial charge in [-0.1, -0.05) is 15.9 Å². The van der Waals surface area contributed by atoms with Gasteiger partial charge in [0, 0.05) is 11.0 Å². The van der Waals surface area contributed by atoms with Crippen LogP contribution in [0.1, 0.15) is 12.0 Å². The number of carbonyl (C=O) groups excluding carboxylic acids is 1. The average Bonchev–Trinajstić information content (AvgIpc) is 2.39. The summed E-state index contributed by atoms with van der Waals surface area (Å²) in [6, 6.07) is 3.53. The predicted octanol–water partition coefficient (Wildman–Crippen LogP) is 1.35. The van der Waals surface area contributed by atoms with Gasteiger partial charge in [-0.3, -0.25) is 9.59 Å². The molecule has 0 radical (unpaired) electrons. The van der Waals surface area contributed by atoms with Gasteiger partial charge in [0.2, 0.25) is 5.91 Å². The number of carbonyl (C=O) groups is 2. The molecule has 0 aliphatic carbocycles. The summed E-state index contributed by atoms with van der Waals surface area (Å²) in [4.78, 5) is 22.1. The van der Waals surface area contributed by atoms with Crippen molar-refractivity contribution in [3.8, 4) is 11.5 Å². The molecule has 0 aromatic heterocycles. The maximum Gasteiger partial charge on any atom is 0.305 e. The number of carboxylic acid groups (broad SMARTS) is 1. The lowest BCUT2D eigenvalue weighted by atomic mass is 10.1. The zero-order valence-electron chi connectivity index (χ0n) is 10.6. The molecule has 0 fully saturated rings.